The van der Waals surface area contributed by atoms with Crippen molar-refractivity contribution in [3.05, 3.63) is 74.6 Å². The molecule has 0 aliphatic carbocycles. The molecule has 1 aromatic heterocycles. The van der Waals surface area contributed by atoms with Gasteiger partial charge in [-0.3, -0.25) is 0 Å². The zero-order valence-corrected chi connectivity index (χ0v) is 14.3. The van der Waals surface area contributed by atoms with Crippen molar-refractivity contribution in [3.8, 4) is 5.75 Å². The van der Waals surface area contributed by atoms with Crippen molar-refractivity contribution in [2.75, 3.05) is 7.11 Å². The topological polar surface area (TPSA) is 65.7 Å². The van der Waals surface area contributed by atoms with Gasteiger partial charge in [0.15, 0.2) is 0 Å². The van der Waals surface area contributed by atoms with Gasteiger partial charge in [-0.2, -0.15) is 0 Å². The summed E-state index contributed by atoms with van der Waals surface area (Å²) in [5.74, 6) is 0.181. The molecule has 24 heavy (non-hydrogen) atoms. The molecule has 0 fully saturated rings. The van der Waals surface area contributed by atoms with E-state index in [0.29, 0.717) is 16.9 Å². The lowest BCUT2D eigenvalue weighted by molar-refractivity contribution is 0.0600. The summed E-state index contributed by atoms with van der Waals surface area (Å²) in [6.45, 7) is 0.210. The van der Waals surface area contributed by atoms with Crippen LogP contribution < -0.4 is 10.4 Å². The smallest absolute Gasteiger partial charge is 0.337 e. The SMILES string of the molecule is COC(=O)c1ccc(OCc2cc(=O)oc3cc(Br)ccc23)cc1. The number of hydrogen-bond donors (Lipinski definition) is 0. The van der Waals surface area contributed by atoms with Crippen molar-refractivity contribution in [2.24, 2.45) is 0 Å². The van der Waals surface area contributed by atoms with Crippen LogP contribution in [0.4, 0.5) is 0 Å². The number of ether oxygens (including phenoxy) is 2. The van der Waals surface area contributed by atoms with Crippen molar-refractivity contribution in [2.45, 2.75) is 6.61 Å². The Hall–Kier alpha value is -2.60. The molecule has 6 heteroatoms. The minimum atomic E-state index is -0.430. The molecule has 3 aromatic rings. The van der Waals surface area contributed by atoms with Crippen LogP contribution in [0.1, 0.15) is 15.9 Å². The van der Waals surface area contributed by atoms with E-state index in [4.69, 9.17) is 9.15 Å². The summed E-state index contributed by atoms with van der Waals surface area (Å²) in [6.07, 6.45) is 0. The van der Waals surface area contributed by atoms with Gasteiger partial charge in [0, 0.05) is 21.5 Å². The van der Waals surface area contributed by atoms with Crippen LogP contribution in [0.25, 0.3) is 11.0 Å². The monoisotopic (exact) mass is 388 g/mol. The number of esters is 1. The summed E-state index contributed by atoms with van der Waals surface area (Å²) in [5, 5.41) is 0.809. The third-order valence-electron chi connectivity index (χ3n) is 3.46. The van der Waals surface area contributed by atoms with Gasteiger partial charge in [-0.25, -0.2) is 9.59 Å². The maximum Gasteiger partial charge on any atom is 0.337 e. The van der Waals surface area contributed by atoms with Crippen LogP contribution in [0, 0.1) is 0 Å². The van der Waals surface area contributed by atoms with E-state index in [9.17, 15) is 9.59 Å². The van der Waals surface area contributed by atoms with Gasteiger partial charge in [0.1, 0.15) is 17.9 Å². The minimum Gasteiger partial charge on any atom is -0.489 e. The Morgan fingerprint density at radius 2 is 1.88 bits per heavy atom. The van der Waals surface area contributed by atoms with Crippen LogP contribution in [0.3, 0.4) is 0 Å². The first-order valence-corrected chi connectivity index (χ1v) is 7.89. The highest BCUT2D eigenvalue weighted by Gasteiger charge is 2.08. The molecule has 0 atom stereocenters. The van der Waals surface area contributed by atoms with Gasteiger partial charge in [0.05, 0.1) is 12.7 Å². The lowest BCUT2D eigenvalue weighted by atomic mass is 10.1. The molecular formula is C18H13BrO5. The second-order valence-corrected chi connectivity index (χ2v) is 5.95. The van der Waals surface area contributed by atoms with Gasteiger partial charge >= 0.3 is 11.6 Å². The Balaban J connectivity index is 1.83. The summed E-state index contributed by atoms with van der Waals surface area (Å²) >= 11 is 3.35. The van der Waals surface area contributed by atoms with Crippen LogP contribution in [0.5, 0.6) is 5.75 Å². The molecule has 0 aliphatic heterocycles. The molecule has 0 aliphatic rings. The summed E-state index contributed by atoms with van der Waals surface area (Å²) in [4.78, 5) is 23.1. The lowest BCUT2D eigenvalue weighted by Crippen LogP contribution is -2.04. The molecule has 0 saturated heterocycles. The minimum absolute atomic E-state index is 0.210. The van der Waals surface area contributed by atoms with Gasteiger partial charge in [-0.05, 0) is 42.5 Å². The highest BCUT2D eigenvalue weighted by Crippen LogP contribution is 2.23. The standard InChI is InChI=1S/C18H13BrO5/c1-22-18(21)11-2-5-14(6-3-11)23-10-12-8-17(20)24-16-9-13(19)4-7-15(12)16/h2-9H,10H2,1H3. The summed E-state index contributed by atoms with van der Waals surface area (Å²) in [5.41, 5.74) is 1.24. The first-order chi connectivity index (χ1) is 11.6. The van der Waals surface area contributed by atoms with Crippen LogP contribution in [-0.2, 0) is 11.3 Å². The van der Waals surface area contributed by atoms with Gasteiger partial charge in [0.2, 0.25) is 0 Å². The number of carbonyl (C=O) groups is 1. The molecule has 0 saturated carbocycles. The number of halogens is 1. The van der Waals surface area contributed by atoms with E-state index in [-0.39, 0.29) is 6.61 Å². The van der Waals surface area contributed by atoms with Gasteiger partial charge in [-0.1, -0.05) is 15.9 Å². The highest BCUT2D eigenvalue weighted by atomic mass is 79.9. The zero-order chi connectivity index (χ0) is 17.1. The number of benzene rings is 2. The quantitative estimate of drug-likeness (QED) is 0.500. The van der Waals surface area contributed by atoms with E-state index in [1.54, 1.807) is 30.3 Å². The van der Waals surface area contributed by atoms with Crippen molar-refractivity contribution >= 4 is 32.9 Å². The van der Waals surface area contributed by atoms with E-state index < -0.39 is 11.6 Å². The number of methoxy groups -OCH3 is 1. The second-order valence-electron chi connectivity index (χ2n) is 5.04. The number of rotatable bonds is 4. The van der Waals surface area contributed by atoms with E-state index in [0.717, 1.165) is 15.4 Å². The maximum atomic E-state index is 11.7. The Morgan fingerprint density at radius 1 is 1.12 bits per heavy atom. The summed E-state index contributed by atoms with van der Waals surface area (Å²) in [7, 11) is 1.33. The first-order valence-electron chi connectivity index (χ1n) is 7.10. The molecule has 1 heterocycles. The van der Waals surface area contributed by atoms with E-state index in [1.807, 2.05) is 12.1 Å². The summed E-state index contributed by atoms with van der Waals surface area (Å²) < 4.78 is 16.4. The fourth-order valence-corrected chi connectivity index (χ4v) is 2.63. The van der Waals surface area contributed by atoms with Crippen molar-refractivity contribution in [3.63, 3.8) is 0 Å². The molecule has 5 nitrogen and oxygen atoms in total. The van der Waals surface area contributed by atoms with Crippen LogP contribution in [0.2, 0.25) is 0 Å². The molecule has 0 amide bonds. The Bertz CT molecular complexity index is 944. The van der Waals surface area contributed by atoms with Gasteiger partial charge in [0.25, 0.3) is 0 Å². The van der Waals surface area contributed by atoms with Crippen LogP contribution in [0.15, 0.2) is 62.2 Å². The maximum absolute atomic E-state index is 11.7. The summed E-state index contributed by atoms with van der Waals surface area (Å²) in [6, 6.07) is 13.5. The average Bonchev–Trinajstić information content (AvgIpc) is 2.59. The van der Waals surface area contributed by atoms with Crippen molar-refractivity contribution in [1.82, 2.24) is 0 Å². The zero-order valence-electron chi connectivity index (χ0n) is 12.7. The average molecular weight is 389 g/mol. The predicted octanol–water partition coefficient (Wildman–Crippen LogP) is 3.92. The largest absolute Gasteiger partial charge is 0.489 e. The van der Waals surface area contributed by atoms with E-state index in [1.165, 1.54) is 13.2 Å². The Kier molecular flexibility index (Phi) is 4.66. The normalized spacial score (nSPS) is 10.6. The molecule has 0 bridgehead atoms. The van der Waals surface area contributed by atoms with E-state index >= 15 is 0 Å². The third kappa shape index (κ3) is 3.49. The molecular weight excluding hydrogens is 376 g/mol. The molecule has 3 rings (SSSR count). The number of fused-ring (bicyclic) bond motifs is 1. The second kappa shape index (κ2) is 6.88. The van der Waals surface area contributed by atoms with Crippen molar-refractivity contribution < 1.29 is 18.7 Å². The highest BCUT2D eigenvalue weighted by molar-refractivity contribution is 9.10. The fourth-order valence-electron chi connectivity index (χ4n) is 2.29. The molecule has 0 N–H and O–H groups in total. The first kappa shape index (κ1) is 16.3. The van der Waals surface area contributed by atoms with E-state index in [2.05, 4.69) is 20.7 Å². The number of hydrogen-bond acceptors (Lipinski definition) is 5. The molecule has 122 valence electrons. The molecule has 0 spiro atoms. The third-order valence-corrected chi connectivity index (χ3v) is 3.96. The van der Waals surface area contributed by atoms with Crippen LogP contribution in [-0.4, -0.2) is 13.1 Å². The molecule has 0 unspecified atom stereocenters. The molecule has 0 radical (unpaired) electrons. The number of carbonyl (C=O) groups excluding carboxylic acids is 1. The lowest BCUT2D eigenvalue weighted by Gasteiger charge is -2.09. The Labute approximate surface area is 145 Å². The van der Waals surface area contributed by atoms with Crippen molar-refractivity contribution in [1.29, 1.82) is 0 Å². The van der Waals surface area contributed by atoms with Crippen LogP contribution >= 0.6 is 15.9 Å². The Morgan fingerprint density at radius 3 is 2.58 bits per heavy atom. The molecule has 2 aromatic carbocycles. The predicted molar refractivity (Wildman–Crippen MR) is 92.3 cm³/mol. The fraction of sp³-hybridized carbons (Fsp3) is 0.111. The van der Waals surface area contributed by atoms with Gasteiger partial charge < -0.3 is 13.9 Å². The van der Waals surface area contributed by atoms with Gasteiger partial charge in [-0.15, -0.1) is 0 Å².